The van der Waals surface area contributed by atoms with Gasteiger partial charge in [-0.3, -0.25) is 0 Å². The highest BCUT2D eigenvalue weighted by Crippen LogP contribution is 2.16. The third-order valence-corrected chi connectivity index (χ3v) is 4.80. The van der Waals surface area contributed by atoms with Crippen LogP contribution < -0.4 is 10.0 Å². The summed E-state index contributed by atoms with van der Waals surface area (Å²) in [6.45, 7) is 3.87. The molecule has 0 aromatic rings. The summed E-state index contributed by atoms with van der Waals surface area (Å²) in [5, 5.41) is 2.98. The molecule has 2 unspecified atom stereocenters. The molecule has 0 bridgehead atoms. The molecular weight excluding hydrogens is 294 g/mol. The molecule has 0 saturated carbocycles. The van der Waals surface area contributed by atoms with Crippen molar-refractivity contribution in [3.8, 4) is 0 Å². The third-order valence-electron chi connectivity index (χ3n) is 4.04. The van der Waals surface area contributed by atoms with Crippen molar-refractivity contribution in [2.24, 2.45) is 0 Å². The number of carbonyl (C=O) groups excluding carboxylic acids is 1. The molecule has 2 rings (SSSR count). The second kappa shape index (κ2) is 6.93. The van der Waals surface area contributed by atoms with E-state index in [4.69, 9.17) is 4.74 Å². The molecule has 122 valence electrons. The number of hydrogen-bond donors (Lipinski definition) is 2. The molecule has 7 nitrogen and oxygen atoms in total. The highest BCUT2D eigenvalue weighted by Gasteiger charge is 2.28. The average molecular weight is 319 g/mol. The number of carbonyl (C=O) groups is 1. The van der Waals surface area contributed by atoms with Crippen molar-refractivity contribution < 1.29 is 17.9 Å². The van der Waals surface area contributed by atoms with Gasteiger partial charge >= 0.3 is 6.03 Å². The first-order valence-corrected chi connectivity index (χ1v) is 9.38. The Hall–Kier alpha value is -0.860. The standard InChI is InChI=1S/C13H25N3O4S/c1-10(12-4-3-9-20-12)14-13(17)16-7-5-11(6-8-16)15-21(2,18)19/h10-12,15H,3-9H2,1-2H3,(H,14,17). The number of nitrogens with one attached hydrogen (secondary N) is 2. The van der Waals surface area contributed by atoms with Crippen LogP contribution in [0.1, 0.15) is 32.6 Å². The summed E-state index contributed by atoms with van der Waals surface area (Å²) in [5.41, 5.74) is 0. The van der Waals surface area contributed by atoms with Crippen LogP contribution in [0.5, 0.6) is 0 Å². The summed E-state index contributed by atoms with van der Waals surface area (Å²) in [5.74, 6) is 0. The number of ether oxygens (including phenoxy) is 1. The van der Waals surface area contributed by atoms with Crippen LogP contribution in [-0.2, 0) is 14.8 Å². The van der Waals surface area contributed by atoms with E-state index in [0.717, 1.165) is 25.7 Å². The molecule has 8 heteroatoms. The largest absolute Gasteiger partial charge is 0.376 e. The van der Waals surface area contributed by atoms with Crippen molar-refractivity contribution in [2.75, 3.05) is 26.0 Å². The van der Waals surface area contributed by atoms with Gasteiger partial charge in [-0.25, -0.2) is 17.9 Å². The van der Waals surface area contributed by atoms with Crippen molar-refractivity contribution in [1.82, 2.24) is 14.9 Å². The van der Waals surface area contributed by atoms with Gasteiger partial charge in [0.25, 0.3) is 0 Å². The Bertz CT molecular complexity index is 454. The first kappa shape index (κ1) is 16.5. The molecule has 2 amide bonds. The Morgan fingerprint density at radius 3 is 2.48 bits per heavy atom. The maximum atomic E-state index is 12.2. The van der Waals surface area contributed by atoms with E-state index in [9.17, 15) is 13.2 Å². The molecule has 0 radical (unpaired) electrons. The molecule has 2 saturated heterocycles. The molecule has 0 aromatic carbocycles. The fraction of sp³-hybridized carbons (Fsp3) is 0.923. The third kappa shape index (κ3) is 5.12. The zero-order valence-electron chi connectivity index (χ0n) is 12.7. The zero-order chi connectivity index (χ0) is 15.5. The molecule has 2 atom stereocenters. The van der Waals surface area contributed by atoms with E-state index in [1.807, 2.05) is 6.92 Å². The summed E-state index contributed by atoms with van der Waals surface area (Å²) in [4.78, 5) is 13.9. The molecular formula is C13H25N3O4S. The van der Waals surface area contributed by atoms with E-state index >= 15 is 0 Å². The quantitative estimate of drug-likeness (QED) is 0.779. The number of nitrogens with zero attached hydrogens (tertiary/aromatic N) is 1. The van der Waals surface area contributed by atoms with Crippen molar-refractivity contribution in [3.05, 3.63) is 0 Å². The molecule has 2 aliphatic rings. The Labute approximate surface area is 126 Å². The van der Waals surface area contributed by atoms with E-state index in [1.54, 1.807) is 4.90 Å². The van der Waals surface area contributed by atoms with Crippen molar-refractivity contribution in [2.45, 2.75) is 50.8 Å². The van der Waals surface area contributed by atoms with Crippen LogP contribution in [-0.4, -0.2) is 63.5 Å². The average Bonchev–Trinajstić information content (AvgIpc) is 2.91. The number of hydrogen-bond acceptors (Lipinski definition) is 4. The fourth-order valence-corrected chi connectivity index (χ4v) is 3.72. The molecule has 2 N–H and O–H groups in total. The number of piperidine rings is 1. The number of amides is 2. The normalized spacial score (nSPS) is 25.8. The lowest BCUT2D eigenvalue weighted by Gasteiger charge is -2.33. The number of likely N-dealkylation sites (tertiary alicyclic amines) is 1. The number of sulfonamides is 1. The minimum absolute atomic E-state index is 0.00636. The van der Waals surface area contributed by atoms with Gasteiger partial charge in [-0.1, -0.05) is 0 Å². The molecule has 0 aliphatic carbocycles. The molecule has 2 aliphatic heterocycles. The maximum absolute atomic E-state index is 12.2. The summed E-state index contributed by atoms with van der Waals surface area (Å²) >= 11 is 0. The van der Waals surface area contributed by atoms with E-state index in [0.29, 0.717) is 25.9 Å². The van der Waals surface area contributed by atoms with E-state index in [2.05, 4.69) is 10.0 Å². The van der Waals surface area contributed by atoms with Gasteiger partial charge in [-0.05, 0) is 32.6 Å². The molecule has 2 heterocycles. The highest BCUT2D eigenvalue weighted by atomic mass is 32.2. The van der Waals surface area contributed by atoms with Gasteiger partial charge in [0.1, 0.15) is 0 Å². The van der Waals surface area contributed by atoms with Gasteiger partial charge in [-0.15, -0.1) is 0 Å². The van der Waals surface area contributed by atoms with E-state index in [1.165, 1.54) is 0 Å². The second-order valence-electron chi connectivity index (χ2n) is 5.94. The van der Waals surface area contributed by atoms with Gasteiger partial charge in [-0.2, -0.15) is 0 Å². The Balaban J connectivity index is 1.75. The lowest BCUT2D eigenvalue weighted by Crippen LogP contribution is -2.52. The van der Waals surface area contributed by atoms with Crippen LogP contribution >= 0.6 is 0 Å². The van der Waals surface area contributed by atoms with Crippen molar-refractivity contribution >= 4 is 16.1 Å². The van der Waals surface area contributed by atoms with Crippen LogP contribution in [0.4, 0.5) is 4.79 Å². The maximum Gasteiger partial charge on any atom is 0.317 e. The monoisotopic (exact) mass is 319 g/mol. The first-order chi connectivity index (χ1) is 9.85. The molecule has 0 aromatic heterocycles. The van der Waals surface area contributed by atoms with Crippen molar-refractivity contribution in [1.29, 1.82) is 0 Å². The smallest absolute Gasteiger partial charge is 0.317 e. The van der Waals surface area contributed by atoms with E-state index < -0.39 is 10.0 Å². The lowest BCUT2D eigenvalue weighted by atomic mass is 10.1. The molecule has 2 fully saturated rings. The minimum atomic E-state index is -3.18. The van der Waals surface area contributed by atoms with Crippen LogP contribution in [0.25, 0.3) is 0 Å². The first-order valence-electron chi connectivity index (χ1n) is 7.49. The summed E-state index contributed by atoms with van der Waals surface area (Å²) in [6.07, 6.45) is 4.60. The Kier molecular flexibility index (Phi) is 5.45. The van der Waals surface area contributed by atoms with Gasteiger partial charge < -0.3 is 15.0 Å². The highest BCUT2D eigenvalue weighted by molar-refractivity contribution is 7.88. The Morgan fingerprint density at radius 2 is 1.95 bits per heavy atom. The minimum Gasteiger partial charge on any atom is -0.376 e. The summed E-state index contributed by atoms with van der Waals surface area (Å²) < 4.78 is 30.5. The number of urea groups is 1. The predicted octanol–water partition coefficient (Wildman–Crippen LogP) is 0.277. The van der Waals surface area contributed by atoms with Crippen LogP contribution in [0.2, 0.25) is 0 Å². The number of rotatable bonds is 4. The van der Waals surface area contributed by atoms with Crippen LogP contribution in [0.3, 0.4) is 0 Å². The summed E-state index contributed by atoms with van der Waals surface area (Å²) in [6, 6.07) is -0.151. The van der Waals surface area contributed by atoms with Gasteiger partial charge in [0.15, 0.2) is 0 Å². The zero-order valence-corrected chi connectivity index (χ0v) is 13.5. The van der Waals surface area contributed by atoms with Gasteiger partial charge in [0.05, 0.1) is 18.4 Å². The van der Waals surface area contributed by atoms with Crippen LogP contribution in [0, 0.1) is 0 Å². The van der Waals surface area contributed by atoms with Gasteiger partial charge in [0, 0.05) is 25.7 Å². The second-order valence-corrected chi connectivity index (χ2v) is 7.72. The van der Waals surface area contributed by atoms with Gasteiger partial charge in [0.2, 0.25) is 10.0 Å². The fourth-order valence-electron chi connectivity index (χ4n) is 2.88. The summed E-state index contributed by atoms with van der Waals surface area (Å²) in [7, 11) is -3.18. The van der Waals surface area contributed by atoms with Crippen LogP contribution in [0.15, 0.2) is 0 Å². The molecule has 0 spiro atoms. The van der Waals surface area contributed by atoms with Crippen molar-refractivity contribution in [3.63, 3.8) is 0 Å². The molecule has 21 heavy (non-hydrogen) atoms. The predicted molar refractivity (Wildman–Crippen MR) is 79.5 cm³/mol. The lowest BCUT2D eigenvalue weighted by molar-refractivity contribution is 0.0824. The SMILES string of the molecule is CC(NC(=O)N1CCC(NS(C)(=O)=O)CC1)C1CCCO1. The Morgan fingerprint density at radius 1 is 1.29 bits per heavy atom. The topological polar surface area (TPSA) is 87.7 Å². The van der Waals surface area contributed by atoms with E-state index in [-0.39, 0.29) is 24.2 Å².